The van der Waals surface area contributed by atoms with E-state index in [1.54, 1.807) is 0 Å². The van der Waals surface area contributed by atoms with E-state index in [1.165, 1.54) is 16.7 Å². The van der Waals surface area contributed by atoms with Crippen LogP contribution in [0.5, 0.6) is 5.75 Å². The summed E-state index contributed by atoms with van der Waals surface area (Å²) in [6.07, 6.45) is 3.14. The third kappa shape index (κ3) is 3.71. The van der Waals surface area contributed by atoms with Crippen LogP contribution in [0.15, 0.2) is 12.1 Å². The van der Waals surface area contributed by atoms with Crippen LogP contribution in [-0.2, 0) is 11.2 Å². The number of ether oxygens (including phenoxy) is 2. The summed E-state index contributed by atoms with van der Waals surface area (Å²) in [5.74, 6) is 1.02. The van der Waals surface area contributed by atoms with Gasteiger partial charge in [-0.15, -0.1) is 0 Å². The van der Waals surface area contributed by atoms with E-state index in [-0.39, 0.29) is 12.1 Å². The van der Waals surface area contributed by atoms with Crippen LogP contribution < -0.4 is 10.5 Å². The van der Waals surface area contributed by atoms with Gasteiger partial charge in [0.2, 0.25) is 0 Å². The van der Waals surface area contributed by atoms with Crippen LogP contribution in [0.4, 0.5) is 0 Å². The van der Waals surface area contributed by atoms with Crippen molar-refractivity contribution in [1.82, 2.24) is 0 Å². The molecule has 0 amide bonds. The lowest BCUT2D eigenvalue weighted by Crippen LogP contribution is -2.21. The number of benzene rings is 1. The molecule has 1 aromatic rings. The van der Waals surface area contributed by atoms with Gasteiger partial charge in [0.25, 0.3) is 0 Å². The smallest absolute Gasteiger partial charge is 0.125 e. The summed E-state index contributed by atoms with van der Waals surface area (Å²) in [6, 6.07) is 4.65. The van der Waals surface area contributed by atoms with Crippen molar-refractivity contribution in [2.24, 2.45) is 5.73 Å². The quantitative estimate of drug-likeness (QED) is 0.888. The van der Waals surface area contributed by atoms with Gasteiger partial charge in [0.05, 0.1) is 13.2 Å². The Labute approximate surface area is 116 Å². The highest BCUT2D eigenvalue weighted by Crippen LogP contribution is 2.28. The molecule has 1 fully saturated rings. The zero-order chi connectivity index (χ0) is 13.8. The zero-order valence-corrected chi connectivity index (χ0v) is 12.2. The van der Waals surface area contributed by atoms with Crippen molar-refractivity contribution in [2.45, 2.75) is 52.2 Å². The second-order valence-electron chi connectivity index (χ2n) is 5.53. The van der Waals surface area contributed by atoms with Gasteiger partial charge in [-0.2, -0.15) is 0 Å². The Bertz CT molecular complexity index is 402. The minimum atomic E-state index is 0.209. The van der Waals surface area contributed by atoms with Crippen LogP contribution in [0.1, 0.15) is 36.5 Å². The molecule has 0 aromatic heterocycles. The molecule has 1 heterocycles. The average Bonchev–Trinajstić information content (AvgIpc) is 2.86. The zero-order valence-electron chi connectivity index (χ0n) is 12.2. The summed E-state index contributed by atoms with van der Waals surface area (Å²) in [6.45, 7) is 7.87. The predicted molar refractivity (Wildman–Crippen MR) is 77.7 cm³/mol. The van der Waals surface area contributed by atoms with Crippen molar-refractivity contribution in [1.29, 1.82) is 0 Å². The Balaban J connectivity index is 2.12. The highest BCUT2D eigenvalue weighted by molar-refractivity contribution is 5.43. The van der Waals surface area contributed by atoms with Gasteiger partial charge < -0.3 is 15.2 Å². The Morgan fingerprint density at radius 1 is 1.37 bits per heavy atom. The SMILES string of the molecule is CCC(N)Cc1cc(C)c(OC2CCOC2)c(C)c1. The molecule has 2 N–H and O–H groups in total. The van der Waals surface area contributed by atoms with Gasteiger partial charge in [-0.3, -0.25) is 0 Å². The third-order valence-electron chi connectivity index (χ3n) is 3.71. The van der Waals surface area contributed by atoms with Gasteiger partial charge in [0.1, 0.15) is 11.9 Å². The maximum absolute atomic E-state index is 6.07. The molecule has 19 heavy (non-hydrogen) atoms. The number of hydrogen-bond donors (Lipinski definition) is 1. The minimum absolute atomic E-state index is 0.209. The molecule has 0 aliphatic carbocycles. The first-order valence-corrected chi connectivity index (χ1v) is 7.20. The number of nitrogens with two attached hydrogens (primary N) is 1. The summed E-state index contributed by atoms with van der Waals surface area (Å²) in [7, 11) is 0. The molecule has 1 aliphatic rings. The molecule has 0 saturated carbocycles. The first-order chi connectivity index (χ1) is 9.10. The second kappa shape index (κ2) is 6.40. The van der Waals surface area contributed by atoms with E-state index >= 15 is 0 Å². The molecule has 0 bridgehead atoms. The van der Waals surface area contributed by atoms with E-state index < -0.39 is 0 Å². The average molecular weight is 263 g/mol. The first kappa shape index (κ1) is 14.4. The second-order valence-corrected chi connectivity index (χ2v) is 5.53. The molecule has 0 radical (unpaired) electrons. The molecular formula is C16H25NO2. The molecule has 106 valence electrons. The fraction of sp³-hybridized carbons (Fsp3) is 0.625. The summed E-state index contributed by atoms with van der Waals surface area (Å²) in [4.78, 5) is 0. The molecule has 3 nitrogen and oxygen atoms in total. The summed E-state index contributed by atoms with van der Waals surface area (Å²) in [5.41, 5.74) is 9.73. The lowest BCUT2D eigenvalue weighted by Gasteiger charge is -2.18. The highest BCUT2D eigenvalue weighted by Gasteiger charge is 2.19. The Kier molecular flexibility index (Phi) is 4.83. The monoisotopic (exact) mass is 263 g/mol. The van der Waals surface area contributed by atoms with E-state index in [9.17, 15) is 0 Å². The first-order valence-electron chi connectivity index (χ1n) is 7.20. The Morgan fingerprint density at radius 3 is 2.58 bits per heavy atom. The van der Waals surface area contributed by atoms with Gasteiger partial charge in [0.15, 0.2) is 0 Å². The van der Waals surface area contributed by atoms with Gasteiger partial charge >= 0.3 is 0 Å². The minimum Gasteiger partial charge on any atom is -0.487 e. The predicted octanol–water partition coefficient (Wildman–Crippen LogP) is 2.75. The molecule has 1 aliphatic heterocycles. The fourth-order valence-corrected chi connectivity index (χ4v) is 2.56. The van der Waals surface area contributed by atoms with Gasteiger partial charge in [-0.1, -0.05) is 19.1 Å². The Hall–Kier alpha value is -1.06. The van der Waals surface area contributed by atoms with Crippen LogP contribution in [0.3, 0.4) is 0 Å². The van der Waals surface area contributed by atoms with Crippen molar-refractivity contribution in [3.05, 3.63) is 28.8 Å². The standard InChI is InChI=1S/C16H25NO2/c1-4-14(17)9-13-7-11(2)16(12(3)8-13)19-15-5-6-18-10-15/h7-8,14-15H,4-6,9-10,17H2,1-3H3. The summed E-state index contributed by atoms with van der Waals surface area (Å²) in [5, 5.41) is 0. The molecule has 1 saturated heterocycles. The van der Waals surface area contributed by atoms with E-state index in [1.807, 2.05) is 0 Å². The van der Waals surface area contributed by atoms with Crippen LogP contribution in [0, 0.1) is 13.8 Å². The van der Waals surface area contributed by atoms with E-state index in [0.717, 1.165) is 31.6 Å². The van der Waals surface area contributed by atoms with Crippen LogP contribution in [0.25, 0.3) is 0 Å². The number of aryl methyl sites for hydroxylation is 2. The molecule has 2 unspecified atom stereocenters. The molecule has 1 aromatic carbocycles. The molecule has 2 rings (SSSR count). The number of hydrogen-bond acceptors (Lipinski definition) is 3. The maximum Gasteiger partial charge on any atom is 0.125 e. The van der Waals surface area contributed by atoms with Crippen LogP contribution in [-0.4, -0.2) is 25.4 Å². The van der Waals surface area contributed by atoms with E-state index in [0.29, 0.717) is 6.61 Å². The van der Waals surface area contributed by atoms with Crippen molar-refractivity contribution in [3.8, 4) is 5.75 Å². The summed E-state index contributed by atoms with van der Waals surface area (Å²) < 4.78 is 11.4. The normalized spacial score (nSPS) is 20.5. The van der Waals surface area contributed by atoms with Gasteiger partial charge in [-0.25, -0.2) is 0 Å². The lowest BCUT2D eigenvalue weighted by atomic mass is 9.99. The van der Waals surface area contributed by atoms with Crippen LogP contribution >= 0.6 is 0 Å². The molecule has 2 atom stereocenters. The molecule has 0 spiro atoms. The van der Waals surface area contributed by atoms with Crippen LogP contribution in [0.2, 0.25) is 0 Å². The number of rotatable bonds is 5. The molecule has 3 heteroatoms. The van der Waals surface area contributed by atoms with Crippen molar-refractivity contribution < 1.29 is 9.47 Å². The van der Waals surface area contributed by atoms with E-state index in [4.69, 9.17) is 15.2 Å². The van der Waals surface area contributed by atoms with Gasteiger partial charge in [-0.05, 0) is 43.4 Å². The van der Waals surface area contributed by atoms with E-state index in [2.05, 4.69) is 32.9 Å². The van der Waals surface area contributed by atoms with Crippen molar-refractivity contribution in [3.63, 3.8) is 0 Å². The van der Waals surface area contributed by atoms with Crippen molar-refractivity contribution in [2.75, 3.05) is 13.2 Å². The fourth-order valence-electron chi connectivity index (χ4n) is 2.56. The Morgan fingerprint density at radius 2 is 2.05 bits per heavy atom. The highest BCUT2D eigenvalue weighted by atomic mass is 16.5. The largest absolute Gasteiger partial charge is 0.487 e. The summed E-state index contributed by atoms with van der Waals surface area (Å²) >= 11 is 0. The third-order valence-corrected chi connectivity index (χ3v) is 3.71. The van der Waals surface area contributed by atoms with Crippen molar-refractivity contribution >= 4 is 0 Å². The topological polar surface area (TPSA) is 44.5 Å². The maximum atomic E-state index is 6.07. The molecular weight excluding hydrogens is 238 g/mol. The van der Waals surface area contributed by atoms with Gasteiger partial charge in [0, 0.05) is 12.5 Å². The lowest BCUT2D eigenvalue weighted by molar-refractivity contribution is 0.140.